The van der Waals surface area contributed by atoms with Gasteiger partial charge in [0.1, 0.15) is 11.2 Å². The summed E-state index contributed by atoms with van der Waals surface area (Å²) in [6, 6.07) is 52.6. The lowest BCUT2D eigenvalue weighted by Gasteiger charge is -2.09. The van der Waals surface area contributed by atoms with E-state index in [-0.39, 0.29) is 0 Å². The summed E-state index contributed by atoms with van der Waals surface area (Å²) in [5.41, 5.74) is 11.5. The number of hydrogen-bond donors (Lipinski definition) is 0. The Labute approximate surface area is 257 Å². The highest BCUT2D eigenvalue weighted by Gasteiger charge is 2.25. The molecule has 4 aromatic heterocycles. The van der Waals surface area contributed by atoms with Gasteiger partial charge in [-0.15, -0.1) is 0 Å². The van der Waals surface area contributed by atoms with Crippen molar-refractivity contribution in [3.63, 3.8) is 0 Å². The van der Waals surface area contributed by atoms with Gasteiger partial charge in [0.05, 0.1) is 27.6 Å². The number of furan rings is 1. The van der Waals surface area contributed by atoms with Crippen molar-refractivity contribution in [3.05, 3.63) is 146 Å². The maximum absolute atomic E-state index is 6.62. The van der Waals surface area contributed by atoms with Gasteiger partial charge >= 0.3 is 0 Å². The second-order valence-corrected chi connectivity index (χ2v) is 12.1. The van der Waals surface area contributed by atoms with Gasteiger partial charge in [0.25, 0.3) is 0 Å². The second kappa shape index (κ2) is 8.31. The van der Waals surface area contributed by atoms with Gasteiger partial charge in [-0.05, 0) is 48.0 Å². The molecular weight excluding hydrogens is 548 g/mol. The van der Waals surface area contributed by atoms with Crippen molar-refractivity contribution in [3.8, 4) is 16.8 Å². The molecular formula is C42H24N2O. The standard InChI is InChI=1S/C42H24N2O/c1-2-11-25(12-3-1)43-34-19-8-5-15-32(34)38-35(43)23-24-36-40(38)39-28(21-22-29-26-13-4-7-18-33(26)44(36)41(29)39)31-17-10-16-30-27-14-6-9-20-37(27)45-42(30)31/h1-24H. The Balaban J connectivity index is 1.41. The minimum absolute atomic E-state index is 0.917. The molecule has 4 heterocycles. The molecule has 3 nitrogen and oxygen atoms in total. The van der Waals surface area contributed by atoms with Gasteiger partial charge in [-0.25, -0.2) is 0 Å². The first-order valence-corrected chi connectivity index (χ1v) is 15.5. The predicted molar refractivity (Wildman–Crippen MR) is 188 cm³/mol. The minimum atomic E-state index is 0.917. The van der Waals surface area contributed by atoms with Crippen LogP contribution in [0.25, 0.3) is 98.7 Å². The van der Waals surface area contributed by atoms with Gasteiger partial charge in [-0.1, -0.05) is 103 Å². The maximum Gasteiger partial charge on any atom is 0.143 e. The smallest absolute Gasteiger partial charge is 0.143 e. The van der Waals surface area contributed by atoms with Crippen LogP contribution in [0, 0.1) is 0 Å². The number of fused-ring (bicyclic) bond motifs is 13. The highest BCUT2D eigenvalue weighted by molar-refractivity contribution is 6.36. The number of nitrogens with zero attached hydrogens (tertiary/aromatic N) is 2. The van der Waals surface area contributed by atoms with Crippen molar-refractivity contribution in [1.29, 1.82) is 0 Å². The molecule has 0 atom stereocenters. The average Bonchev–Trinajstić information content (AvgIpc) is 3.84. The Hall–Kier alpha value is -6.06. The molecule has 0 saturated heterocycles. The van der Waals surface area contributed by atoms with Gasteiger partial charge in [0.2, 0.25) is 0 Å². The molecule has 208 valence electrons. The van der Waals surface area contributed by atoms with Crippen molar-refractivity contribution in [1.82, 2.24) is 8.97 Å². The van der Waals surface area contributed by atoms with E-state index < -0.39 is 0 Å². The Morgan fingerprint density at radius 3 is 1.98 bits per heavy atom. The topological polar surface area (TPSA) is 22.5 Å². The molecule has 0 N–H and O–H groups in total. The van der Waals surface area contributed by atoms with Crippen LogP contribution in [-0.2, 0) is 0 Å². The van der Waals surface area contributed by atoms with Crippen LogP contribution in [0.4, 0.5) is 0 Å². The summed E-state index contributed by atoms with van der Waals surface area (Å²) in [7, 11) is 0. The first-order valence-electron chi connectivity index (χ1n) is 15.5. The molecule has 3 heteroatoms. The van der Waals surface area contributed by atoms with Crippen LogP contribution < -0.4 is 0 Å². The van der Waals surface area contributed by atoms with Gasteiger partial charge in [0, 0.05) is 54.3 Å². The molecule has 0 aliphatic rings. The lowest BCUT2D eigenvalue weighted by molar-refractivity contribution is 0.670. The Bertz CT molecular complexity index is 2970. The summed E-state index contributed by atoms with van der Waals surface area (Å²) in [6.45, 7) is 0. The summed E-state index contributed by atoms with van der Waals surface area (Å²) < 4.78 is 11.5. The predicted octanol–water partition coefficient (Wildman–Crippen LogP) is 11.5. The van der Waals surface area contributed by atoms with E-state index in [9.17, 15) is 0 Å². The second-order valence-electron chi connectivity index (χ2n) is 12.1. The molecule has 0 radical (unpaired) electrons. The number of rotatable bonds is 2. The highest BCUT2D eigenvalue weighted by atomic mass is 16.3. The third kappa shape index (κ3) is 2.86. The van der Waals surface area contributed by atoms with Crippen molar-refractivity contribution in [2.45, 2.75) is 0 Å². The molecule has 45 heavy (non-hydrogen) atoms. The van der Waals surface area contributed by atoms with E-state index in [1.165, 1.54) is 65.5 Å². The van der Waals surface area contributed by atoms with Crippen molar-refractivity contribution in [2.24, 2.45) is 0 Å². The van der Waals surface area contributed by atoms with Crippen LogP contribution in [0.2, 0.25) is 0 Å². The fraction of sp³-hybridized carbons (Fsp3) is 0. The molecule has 0 fully saturated rings. The monoisotopic (exact) mass is 572 g/mol. The lowest BCUT2D eigenvalue weighted by Crippen LogP contribution is -1.92. The normalized spacial score (nSPS) is 12.4. The summed E-state index contributed by atoms with van der Waals surface area (Å²) >= 11 is 0. The molecule has 11 aromatic rings. The van der Waals surface area contributed by atoms with Crippen LogP contribution in [0.3, 0.4) is 0 Å². The Kier molecular flexibility index (Phi) is 4.32. The van der Waals surface area contributed by atoms with Crippen molar-refractivity contribution < 1.29 is 4.42 Å². The fourth-order valence-electron chi connectivity index (χ4n) is 8.09. The first-order chi connectivity index (χ1) is 22.4. The number of hydrogen-bond acceptors (Lipinski definition) is 1. The third-order valence-electron chi connectivity index (χ3n) is 9.85. The number of para-hydroxylation sites is 5. The van der Waals surface area contributed by atoms with E-state index in [4.69, 9.17) is 4.42 Å². The van der Waals surface area contributed by atoms with E-state index in [0.717, 1.165) is 33.2 Å². The summed E-state index contributed by atoms with van der Waals surface area (Å²) in [4.78, 5) is 0. The zero-order valence-corrected chi connectivity index (χ0v) is 24.2. The molecule has 0 aliphatic heterocycles. The van der Waals surface area contributed by atoms with Crippen molar-refractivity contribution in [2.75, 3.05) is 0 Å². The van der Waals surface area contributed by atoms with E-state index in [2.05, 4.69) is 148 Å². The van der Waals surface area contributed by atoms with Crippen LogP contribution in [-0.4, -0.2) is 8.97 Å². The summed E-state index contributed by atoms with van der Waals surface area (Å²) in [5.74, 6) is 0. The Morgan fingerprint density at radius 2 is 1.09 bits per heavy atom. The first kappa shape index (κ1) is 23.4. The van der Waals surface area contributed by atoms with Gasteiger partial charge in [0.15, 0.2) is 0 Å². The molecule has 0 unspecified atom stereocenters. The lowest BCUT2D eigenvalue weighted by atomic mass is 9.94. The summed E-state index contributed by atoms with van der Waals surface area (Å²) in [5, 5.41) is 9.94. The SMILES string of the molecule is c1ccc(-n2c3ccccc3c3c4c5c(-c6cccc7c6oc6ccccc67)ccc6c7ccccc7n(c4ccc32)c65)cc1. The number of benzene rings is 7. The number of aromatic nitrogens is 2. The van der Waals surface area contributed by atoms with E-state index in [0.29, 0.717) is 0 Å². The van der Waals surface area contributed by atoms with Crippen LogP contribution >= 0.6 is 0 Å². The minimum Gasteiger partial charge on any atom is -0.455 e. The van der Waals surface area contributed by atoms with E-state index >= 15 is 0 Å². The maximum atomic E-state index is 6.62. The molecule has 0 aliphatic carbocycles. The van der Waals surface area contributed by atoms with Crippen LogP contribution in [0.1, 0.15) is 0 Å². The quantitative estimate of drug-likeness (QED) is 0.202. The van der Waals surface area contributed by atoms with Gasteiger partial charge in [-0.3, -0.25) is 0 Å². The van der Waals surface area contributed by atoms with E-state index in [1.807, 2.05) is 6.07 Å². The zero-order valence-electron chi connectivity index (χ0n) is 24.2. The molecule has 0 bridgehead atoms. The third-order valence-corrected chi connectivity index (χ3v) is 9.85. The van der Waals surface area contributed by atoms with Crippen molar-refractivity contribution >= 4 is 81.8 Å². The molecule has 0 saturated carbocycles. The van der Waals surface area contributed by atoms with Gasteiger partial charge < -0.3 is 13.4 Å². The molecule has 7 aromatic carbocycles. The average molecular weight is 573 g/mol. The molecule has 0 amide bonds. The van der Waals surface area contributed by atoms with Crippen LogP contribution in [0.15, 0.2) is 150 Å². The molecule has 0 spiro atoms. The Morgan fingerprint density at radius 1 is 0.378 bits per heavy atom. The largest absolute Gasteiger partial charge is 0.455 e. The highest BCUT2D eigenvalue weighted by Crippen LogP contribution is 2.49. The molecule has 11 rings (SSSR count). The van der Waals surface area contributed by atoms with Crippen LogP contribution in [0.5, 0.6) is 0 Å². The fourth-order valence-corrected chi connectivity index (χ4v) is 8.09. The van der Waals surface area contributed by atoms with Gasteiger partial charge in [-0.2, -0.15) is 0 Å². The van der Waals surface area contributed by atoms with E-state index in [1.54, 1.807) is 0 Å². The zero-order chi connectivity index (χ0) is 29.2. The summed E-state index contributed by atoms with van der Waals surface area (Å²) in [6.07, 6.45) is 0.